The first kappa shape index (κ1) is 23.0. The number of hydrogen-bond acceptors (Lipinski definition) is 6. The molecule has 0 bridgehead atoms. The summed E-state index contributed by atoms with van der Waals surface area (Å²) in [6, 6.07) is 7.00. The Morgan fingerprint density at radius 2 is 1.81 bits per heavy atom. The van der Waals surface area contributed by atoms with Gasteiger partial charge in [0.1, 0.15) is 18.0 Å². The highest BCUT2D eigenvalue weighted by Gasteiger charge is 2.31. The van der Waals surface area contributed by atoms with Crippen molar-refractivity contribution >= 4 is 11.7 Å². The van der Waals surface area contributed by atoms with Crippen molar-refractivity contribution in [3.8, 4) is 5.75 Å². The molecule has 1 aromatic carbocycles. The predicted octanol–water partition coefficient (Wildman–Crippen LogP) is 3.48. The van der Waals surface area contributed by atoms with Crippen molar-refractivity contribution in [3.63, 3.8) is 0 Å². The van der Waals surface area contributed by atoms with Crippen molar-refractivity contribution in [3.05, 3.63) is 71.2 Å². The molecular formula is C22H28N6O4. The molecule has 1 atom stereocenters. The van der Waals surface area contributed by atoms with E-state index in [9.17, 15) is 14.9 Å². The molecule has 4 rings (SSSR count). The summed E-state index contributed by atoms with van der Waals surface area (Å²) in [5.74, 6) is 0.329. The third-order valence-electron chi connectivity index (χ3n) is 5.28. The summed E-state index contributed by atoms with van der Waals surface area (Å²) in [6.07, 6.45) is 10.2. The van der Waals surface area contributed by atoms with Crippen LogP contribution in [0.2, 0.25) is 0 Å². The topological polar surface area (TPSA) is 108 Å². The van der Waals surface area contributed by atoms with Gasteiger partial charge in [0.2, 0.25) is 12.2 Å². The van der Waals surface area contributed by atoms with E-state index in [1.165, 1.54) is 17.1 Å². The Labute approximate surface area is 186 Å². The minimum absolute atomic E-state index is 0.0787. The van der Waals surface area contributed by atoms with Gasteiger partial charge in [-0.25, -0.2) is 4.98 Å². The lowest BCUT2D eigenvalue weighted by atomic mass is 10.1. The van der Waals surface area contributed by atoms with Gasteiger partial charge in [-0.1, -0.05) is 12.1 Å². The van der Waals surface area contributed by atoms with Gasteiger partial charge < -0.3 is 24.3 Å². The predicted molar refractivity (Wildman–Crippen MR) is 118 cm³/mol. The lowest BCUT2D eigenvalue weighted by Crippen LogP contribution is -2.35. The van der Waals surface area contributed by atoms with Crippen LogP contribution in [0.3, 0.4) is 0 Å². The first-order valence-corrected chi connectivity index (χ1v) is 10.5. The molecule has 1 aliphatic rings. The second kappa shape index (κ2) is 10.6. The van der Waals surface area contributed by atoms with Gasteiger partial charge >= 0.3 is 5.82 Å². The van der Waals surface area contributed by atoms with Crippen LogP contribution in [0.4, 0.5) is 5.82 Å². The highest BCUT2D eigenvalue weighted by Crippen LogP contribution is 2.26. The standard InChI is InChI=1S/C16H18N4O4.C6H10N2/c1-24-13-6-4-12(5-7-13)15(16(21)18-8-2-3-9-18)19-10-14(17-11-19)20(22)23;1-6(2)8-4-3-7-5-8/h4-7,10-11,15H,2-3,8-9H2,1H3;3-6H,1-2H3. The molecule has 1 unspecified atom stereocenters. The van der Waals surface area contributed by atoms with Gasteiger partial charge in [0.25, 0.3) is 0 Å². The van der Waals surface area contributed by atoms with E-state index in [1.807, 2.05) is 12.5 Å². The number of carbonyl (C=O) groups is 1. The van der Waals surface area contributed by atoms with E-state index in [-0.39, 0.29) is 11.7 Å². The van der Waals surface area contributed by atoms with Crippen LogP contribution in [0.25, 0.3) is 0 Å². The number of hydrogen-bond donors (Lipinski definition) is 0. The second-order valence-corrected chi connectivity index (χ2v) is 7.75. The minimum atomic E-state index is -0.671. The molecule has 0 saturated carbocycles. The number of nitro groups is 1. The normalized spacial score (nSPS) is 14.1. The van der Waals surface area contributed by atoms with E-state index in [0.29, 0.717) is 24.9 Å². The SMILES string of the molecule is CC(C)n1ccnc1.COc1ccc(C(C(=O)N2CCCC2)n2cnc([N+](=O)[O-])c2)cc1. The average molecular weight is 441 g/mol. The molecule has 10 nitrogen and oxygen atoms in total. The highest BCUT2D eigenvalue weighted by molar-refractivity contribution is 5.84. The molecule has 10 heteroatoms. The maximum Gasteiger partial charge on any atom is 0.381 e. The molecule has 3 heterocycles. The quantitative estimate of drug-likeness (QED) is 0.429. The number of likely N-dealkylation sites (tertiary alicyclic amines) is 1. The van der Waals surface area contributed by atoms with Crippen molar-refractivity contribution in [2.75, 3.05) is 20.2 Å². The first-order chi connectivity index (χ1) is 15.4. The zero-order valence-corrected chi connectivity index (χ0v) is 18.5. The molecular weight excluding hydrogens is 412 g/mol. The smallest absolute Gasteiger partial charge is 0.381 e. The van der Waals surface area contributed by atoms with Crippen molar-refractivity contribution in [1.29, 1.82) is 0 Å². The van der Waals surface area contributed by atoms with Crippen LogP contribution in [-0.2, 0) is 4.79 Å². The summed E-state index contributed by atoms with van der Waals surface area (Å²) >= 11 is 0. The van der Waals surface area contributed by atoms with E-state index >= 15 is 0 Å². The summed E-state index contributed by atoms with van der Waals surface area (Å²) < 4.78 is 8.70. The maximum atomic E-state index is 13.0. The van der Waals surface area contributed by atoms with Crippen molar-refractivity contribution < 1.29 is 14.5 Å². The van der Waals surface area contributed by atoms with Crippen LogP contribution in [0.1, 0.15) is 44.3 Å². The number of imidazole rings is 2. The Morgan fingerprint density at radius 3 is 2.28 bits per heavy atom. The highest BCUT2D eigenvalue weighted by atomic mass is 16.6. The number of rotatable bonds is 6. The molecule has 0 N–H and O–H groups in total. The van der Waals surface area contributed by atoms with Gasteiger partial charge in [0.05, 0.1) is 13.4 Å². The van der Waals surface area contributed by atoms with E-state index in [4.69, 9.17) is 4.74 Å². The minimum Gasteiger partial charge on any atom is -0.497 e. The molecule has 0 spiro atoms. The summed E-state index contributed by atoms with van der Waals surface area (Å²) in [6.45, 7) is 5.67. The molecule has 1 aliphatic heterocycles. The van der Waals surface area contributed by atoms with Crippen LogP contribution in [0, 0.1) is 10.1 Å². The Balaban J connectivity index is 0.000000305. The zero-order chi connectivity index (χ0) is 23.1. The Morgan fingerprint density at radius 1 is 1.12 bits per heavy atom. The fourth-order valence-corrected chi connectivity index (χ4v) is 3.48. The van der Waals surface area contributed by atoms with Gasteiger partial charge in [-0.3, -0.25) is 9.36 Å². The van der Waals surface area contributed by atoms with Crippen LogP contribution < -0.4 is 4.74 Å². The van der Waals surface area contributed by atoms with Crippen LogP contribution >= 0.6 is 0 Å². The van der Waals surface area contributed by atoms with Crippen molar-refractivity contribution in [2.24, 2.45) is 0 Å². The number of benzene rings is 1. The van der Waals surface area contributed by atoms with Gasteiger partial charge in [-0.2, -0.15) is 0 Å². The molecule has 32 heavy (non-hydrogen) atoms. The third-order valence-corrected chi connectivity index (χ3v) is 5.28. The Kier molecular flexibility index (Phi) is 7.58. The fourth-order valence-electron chi connectivity index (χ4n) is 3.48. The summed E-state index contributed by atoms with van der Waals surface area (Å²) in [5, 5.41) is 10.9. The van der Waals surface area contributed by atoms with E-state index < -0.39 is 11.0 Å². The number of aromatic nitrogens is 4. The molecule has 1 amide bonds. The number of amides is 1. The van der Waals surface area contributed by atoms with E-state index in [0.717, 1.165) is 18.4 Å². The van der Waals surface area contributed by atoms with Crippen molar-refractivity contribution in [1.82, 2.24) is 24.0 Å². The van der Waals surface area contributed by atoms with Gasteiger partial charge in [-0.05, 0) is 54.3 Å². The molecule has 170 valence electrons. The lowest BCUT2D eigenvalue weighted by Gasteiger charge is -2.24. The summed E-state index contributed by atoms with van der Waals surface area (Å²) in [4.78, 5) is 32.8. The van der Waals surface area contributed by atoms with Crippen molar-refractivity contribution in [2.45, 2.75) is 38.8 Å². The molecule has 3 aromatic rings. The van der Waals surface area contributed by atoms with E-state index in [2.05, 4.69) is 28.4 Å². The summed E-state index contributed by atoms with van der Waals surface area (Å²) in [7, 11) is 1.57. The Bertz CT molecular complexity index is 1010. The Hall–Kier alpha value is -3.69. The van der Waals surface area contributed by atoms with Gasteiger partial charge in [-0.15, -0.1) is 0 Å². The van der Waals surface area contributed by atoms with Crippen LogP contribution in [0.15, 0.2) is 55.5 Å². The zero-order valence-electron chi connectivity index (χ0n) is 18.5. The molecule has 1 saturated heterocycles. The lowest BCUT2D eigenvalue weighted by molar-refractivity contribution is -0.389. The van der Waals surface area contributed by atoms with E-state index in [1.54, 1.807) is 42.5 Å². The molecule has 0 aliphatic carbocycles. The summed E-state index contributed by atoms with van der Waals surface area (Å²) in [5.41, 5.74) is 0.736. The number of methoxy groups -OCH3 is 1. The van der Waals surface area contributed by atoms with Crippen LogP contribution in [-0.4, -0.2) is 55.0 Å². The first-order valence-electron chi connectivity index (χ1n) is 10.5. The number of carbonyl (C=O) groups excluding carboxylic acids is 1. The molecule has 1 fully saturated rings. The maximum absolute atomic E-state index is 13.0. The average Bonchev–Trinajstić information content (AvgIpc) is 3.57. The van der Waals surface area contributed by atoms with Gasteiger partial charge in [0.15, 0.2) is 0 Å². The van der Waals surface area contributed by atoms with Crippen LogP contribution in [0.5, 0.6) is 5.75 Å². The largest absolute Gasteiger partial charge is 0.497 e. The fraction of sp³-hybridized carbons (Fsp3) is 0.409. The second-order valence-electron chi connectivity index (χ2n) is 7.75. The van der Waals surface area contributed by atoms with Gasteiger partial charge in [0, 0.05) is 31.5 Å². The number of ether oxygens (including phenoxy) is 1. The third kappa shape index (κ3) is 5.51. The monoisotopic (exact) mass is 440 g/mol. The number of nitrogens with zero attached hydrogens (tertiary/aromatic N) is 6. The molecule has 0 radical (unpaired) electrons. The molecule has 2 aromatic heterocycles.